The quantitative estimate of drug-likeness (QED) is 0.618. The van der Waals surface area contributed by atoms with Crippen LogP contribution in [-0.4, -0.2) is 21.8 Å². The molecular formula is C20H21FN2O2S. The van der Waals surface area contributed by atoms with Gasteiger partial charge < -0.3 is 9.32 Å². The van der Waals surface area contributed by atoms with Gasteiger partial charge in [0.15, 0.2) is 0 Å². The standard InChI is InChI=1S/C20H21FN2O2S/c1-12(2)23(11-17-10-5-13(3)25-17)20(24)18-14(4)22-19(26-18)15-6-8-16(21)9-7-15/h5-10,12H,11H2,1-4H3. The number of amides is 1. The number of hydrogen-bond acceptors (Lipinski definition) is 4. The number of thiazole rings is 1. The van der Waals surface area contributed by atoms with Gasteiger partial charge in [0.2, 0.25) is 0 Å². The number of aryl methyl sites for hydroxylation is 2. The van der Waals surface area contributed by atoms with Gasteiger partial charge in [-0.25, -0.2) is 9.37 Å². The highest BCUT2D eigenvalue weighted by Crippen LogP contribution is 2.30. The first-order valence-electron chi connectivity index (χ1n) is 8.45. The third-order valence-electron chi connectivity index (χ3n) is 4.09. The van der Waals surface area contributed by atoms with E-state index in [2.05, 4.69) is 4.98 Å². The maximum Gasteiger partial charge on any atom is 0.266 e. The Morgan fingerprint density at radius 2 is 1.88 bits per heavy atom. The molecule has 0 aliphatic rings. The molecule has 3 aromatic rings. The van der Waals surface area contributed by atoms with Crippen molar-refractivity contribution in [2.45, 2.75) is 40.3 Å². The summed E-state index contributed by atoms with van der Waals surface area (Å²) in [6.07, 6.45) is 0. The molecule has 3 rings (SSSR count). The Morgan fingerprint density at radius 1 is 1.19 bits per heavy atom. The van der Waals surface area contributed by atoms with Crippen LogP contribution in [0.15, 0.2) is 40.8 Å². The van der Waals surface area contributed by atoms with Gasteiger partial charge in [0.05, 0.1) is 12.2 Å². The first kappa shape index (κ1) is 18.3. The van der Waals surface area contributed by atoms with E-state index in [0.717, 1.165) is 17.1 Å². The zero-order valence-electron chi connectivity index (χ0n) is 15.2. The highest BCUT2D eigenvalue weighted by Gasteiger charge is 2.25. The van der Waals surface area contributed by atoms with Gasteiger partial charge in [-0.1, -0.05) is 0 Å². The molecule has 0 saturated carbocycles. The van der Waals surface area contributed by atoms with Crippen LogP contribution in [-0.2, 0) is 6.54 Å². The highest BCUT2D eigenvalue weighted by atomic mass is 32.1. The normalized spacial score (nSPS) is 11.2. The van der Waals surface area contributed by atoms with E-state index < -0.39 is 0 Å². The van der Waals surface area contributed by atoms with Crippen LogP contribution in [0.3, 0.4) is 0 Å². The topological polar surface area (TPSA) is 46.3 Å². The molecule has 1 aromatic carbocycles. The summed E-state index contributed by atoms with van der Waals surface area (Å²) in [5, 5.41) is 0.711. The number of hydrogen-bond donors (Lipinski definition) is 0. The van der Waals surface area contributed by atoms with E-state index in [0.29, 0.717) is 22.1 Å². The predicted octanol–water partition coefficient (Wildman–Crippen LogP) is 5.21. The number of carbonyl (C=O) groups excluding carboxylic acids is 1. The van der Waals surface area contributed by atoms with E-state index in [1.807, 2.05) is 39.8 Å². The van der Waals surface area contributed by atoms with Gasteiger partial charge in [0.25, 0.3) is 5.91 Å². The molecule has 0 spiro atoms. The zero-order valence-corrected chi connectivity index (χ0v) is 16.1. The van der Waals surface area contributed by atoms with Gasteiger partial charge in [-0.15, -0.1) is 11.3 Å². The molecule has 0 aliphatic carbocycles. The van der Waals surface area contributed by atoms with Crippen molar-refractivity contribution in [1.82, 2.24) is 9.88 Å². The maximum absolute atomic E-state index is 13.1. The Labute approximate surface area is 156 Å². The Hall–Kier alpha value is -2.47. The summed E-state index contributed by atoms with van der Waals surface area (Å²) in [5.41, 5.74) is 1.48. The number of rotatable bonds is 5. The van der Waals surface area contributed by atoms with Crippen molar-refractivity contribution >= 4 is 17.2 Å². The number of halogens is 1. The molecule has 136 valence electrons. The average Bonchev–Trinajstić information content (AvgIpc) is 3.18. The second-order valence-electron chi connectivity index (χ2n) is 6.48. The summed E-state index contributed by atoms with van der Waals surface area (Å²) in [4.78, 5) is 20.0. The molecule has 6 heteroatoms. The van der Waals surface area contributed by atoms with Crippen molar-refractivity contribution in [2.75, 3.05) is 0 Å². The largest absolute Gasteiger partial charge is 0.464 e. The SMILES string of the molecule is Cc1ccc(CN(C(=O)c2sc(-c3ccc(F)cc3)nc2C)C(C)C)o1. The highest BCUT2D eigenvalue weighted by molar-refractivity contribution is 7.17. The summed E-state index contributed by atoms with van der Waals surface area (Å²) in [6, 6.07) is 9.94. The lowest BCUT2D eigenvalue weighted by Gasteiger charge is -2.25. The van der Waals surface area contributed by atoms with E-state index in [4.69, 9.17) is 4.42 Å². The summed E-state index contributed by atoms with van der Waals surface area (Å²) in [7, 11) is 0. The first-order chi connectivity index (χ1) is 12.3. The lowest BCUT2D eigenvalue weighted by molar-refractivity contribution is 0.0679. The van der Waals surface area contributed by atoms with Crippen molar-refractivity contribution in [3.63, 3.8) is 0 Å². The minimum Gasteiger partial charge on any atom is -0.464 e. The fourth-order valence-corrected chi connectivity index (χ4v) is 3.70. The van der Waals surface area contributed by atoms with E-state index in [1.54, 1.807) is 17.0 Å². The number of furan rings is 1. The monoisotopic (exact) mass is 372 g/mol. The third kappa shape index (κ3) is 3.85. The summed E-state index contributed by atoms with van der Waals surface area (Å²) in [6.45, 7) is 8.07. The van der Waals surface area contributed by atoms with Gasteiger partial charge in [-0.05, 0) is 64.1 Å². The van der Waals surface area contributed by atoms with Crippen molar-refractivity contribution in [1.29, 1.82) is 0 Å². The molecule has 0 saturated heterocycles. The van der Waals surface area contributed by atoms with E-state index in [1.165, 1.54) is 23.5 Å². The summed E-state index contributed by atoms with van der Waals surface area (Å²) in [5.74, 6) is 1.21. The molecule has 4 nitrogen and oxygen atoms in total. The van der Waals surface area contributed by atoms with Crippen molar-refractivity contribution < 1.29 is 13.6 Å². The molecule has 0 aliphatic heterocycles. The molecule has 0 N–H and O–H groups in total. The molecule has 0 bridgehead atoms. The van der Waals surface area contributed by atoms with Crippen LogP contribution in [0.4, 0.5) is 4.39 Å². The van der Waals surface area contributed by atoms with Gasteiger partial charge in [0, 0.05) is 11.6 Å². The minimum atomic E-state index is -0.293. The lowest BCUT2D eigenvalue weighted by Crippen LogP contribution is -2.36. The fourth-order valence-electron chi connectivity index (χ4n) is 2.67. The Kier molecular flexibility index (Phi) is 5.23. The van der Waals surface area contributed by atoms with Crippen LogP contribution >= 0.6 is 11.3 Å². The Morgan fingerprint density at radius 3 is 2.46 bits per heavy atom. The van der Waals surface area contributed by atoms with E-state index >= 15 is 0 Å². The number of carbonyl (C=O) groups is 1. The van der Waals surface area contributed by atoms with E-state index in [-0.39, 0.29) is 17.8 Å². The van der Waals surface area contributed by atoms with E-state index in [9.17, 15) is 9.18 Å². The number of nitrogens with zero attached hydrogens (tertiary/aromatic N) is 2. The molecule has 0 fully saturated rings. The number of benzene rings is 1. The molecule has 2 aromatic heterocycles. The second kappa shape index (κ2) is 7.41. The molecule has 26 heavy (non-hydrogen) atoms. The zero-order chi connectivity index (χ0) is 18.8. The molecule has 1 amide bonds. The third-order valence-corrected chi connectivity index (χ3v) is 5.28. The van der Waals surface area contributed by atoms with Crippen LogP contribution in [0.5, 0.6) is 0 Å². The predicted molar refractivity (Wildman–Crippen MR) is 101 cm³/mol. The Balaban J connectivity index is 1.88. The van der Waals surface area contributed by atoms with Crippen LogP contribution in [0.2, 0.25) is 0 Å². The average molecular weight is 372 g/mol. The molecular weight excluding hydrogens is 351 g/mol. The maximum atomic E-state index is 13.1. The van der Waals surface area contributed by atoms with Gasteiger partial charge in [-0.2, -0.15) is 0 Å². The molecule has 0 unspecified atom stereocenters. The number of aromatic nitrogens is 1. The van der Waals surface area contributed by atoms with Gasteiger partial charge in [0.1, 0.15) is 27.2 Å². The van der Waals surface area contributed by atoms with Crippen LogP contribution in [0.25, 0.3) is 10.6 Å². The molecule has 2 heterocycles. The smallest absolute Gasteiger partial charge is 0.266 e. The van der Waals surface area contributed by atoms with Crippen molar-refractivity contribution in [3.8, 4) is 10.6 Å². The second-order valence-corrected chi connectivity index (χ2v) is 7.48. The first-order valence-corrected chi connectivity index (χ1v) is 9.26. The van der Waals surface area contributed by atoms with Crippen molar-refractivity contribution in [2.24, 2.45) is 0 Å². The lowest BCUT2D eigenvalue weighted by atomic mass is 10.2. The van der Waals surface area contributed by atoms with Gasteiger partial charge in [-0.3, -0.25) is 4.79 Å². The van der Waals surface area contributed by atoms with Crippen molar-refractivity contribution in [3.05, 3.63) is 64.3 Å². The summed E-state index contributed by atoms with van der Waals surface area (Å²) >= 11 is 1.33. The molecule has 0 atom stereocenters. The van der Waals surface area contributed by atoms with Crippen LogP contribution in [0, 0.1) is 19.7 Å². The summed E-state index contributed by atoms with van der Waals surface area (Å²) < 4.78 is 18.8. The van der Waals surface area contributed by atoms with Crippen LogP contribution < -0.4 is 0 Å². The fraction of sp³-hybridized carbons (Fsp3) is 0.300. The minimum absolute atomic E-state index is 0.0173. The van der Waals surface area contributed by atoms with Gasteiger partial charge >= 0.3 is 0 Å². The van der Waals surface area contributed by atoms with Crippen LogP contribution in [0.1, 0.15) is 40.7 Å². The Bertz CT molecular complexity index is 912. The molecule has 0 radical (unpaired) electrons.